The molecule has 9 heteroatoms. The van der Waals surface area contributed by atoms with Crippen LogP contribution in [-0.2, 0) is 11.2 Å². The van der Waals surface area contributed by atoms with Crippen molar-refractivity contribution in [2.45, 2.75) is 31.8 Å². The smallest absolute Gasteiger partial charge is 0.332 e. The Morgan fingerprint density at radius 2 is 2.14 bits per heavy atom. The highest BCUT2D eigenvalue weighted by Crippen LogP contribution is 2.21. The number of rotatable bonds is 4. The van der Waals surface area contributed by atoms with Crippen LogP contribution in [0.3, 0.4) is 0 Å². The molecule has 2 N–H and O–H groups in total. The Labute approximate surface area is 162 Å². The van der Waals surface area contributed by atoms with Crippen molar-refractivity contribution in [3.8, 4) is 0 Å². The van der Waals surface area contributed by atoms with Crippen LogP contribution in [0.4, 0.5) is 0 Å². The van der Waals surface area contributed by atoms with E-state index in [4.69, 9.17) is 0 Å². The third kappa shape index (κ3) is 3.55. The number of nitrogens with one attached hydrogen (secondary N) is 2. The van der Waals surface area contributed by atoms with Crippen molar-refractivity contribution in [1.29, 1.82) is 0 Å². The normalized spacial score (nSPS) is 21.6. The van der Waals surface area contributed by atoms with Gasteiger partial charge < -0.3 is 5.32 Å². The van der Waals surface area contributed by atoms with Crippen LogP contribution in [0.15, 0.2) is 47.3 Å². The van der Waals surface area contributed by atoms with Gasteiger partial charge in [-0.25, -0.2) is 9.78 Å². The number of likely N-dealkylation sites (N-methyl/N-ethyl adjacent to an activating group) is 1. The lowest BCUT2D eigenvalue weighted by Crippen LogP contribution is -2.46. The number of carbonyl (C=O) groups excluding carboxylic acids is 2. The van der Waals surface area contributed by atoms with Crippen molar-refractivity contribution in [3.05, 3.63) is 59.4 Å². The Kier molecular flexibility index (Phi) is 4.72. The van der Waals surface area contributed by atoms with Crippen LogP contribution >= 0.6 is 0 Å². The Hall–Kier alpha value is -3.36. The zero-order valence-electron chi connectivity index (χ0n) is 15.8. The summed E-state index contributed by atoms with van der Waals surface area (Å²) in [5.74, 6) is 0.746. The highest BCUT2D eigenvalue weighted by molar-refractivity contribution is 5.95. The van der Waals surface area contributed by atoms with Gasteiger partial charge in [0.05, 0.1) is 7.05 Å². The molecule has 0 radical (unpaired) electrons. The van der Waals surface area contributed by atoms with Crippen LogP contribution in [0.2, 0.25) is 0 Å². The number of hydrogen-bond donors (Lipinski definition) is 2. The molecule has 0 saturated carbocycles. The molecule has 144 valence electrons. The highest BCUT2D eigenvalue weighted by atomic mass is 16.2. The summed E-state index contributed by atoms with van der Waals surface area (Å²) in [6.07, 6.45) is 2.95. The minimum atomic E-state index is -0.648. The Morgan fingerprint density at radius 1 is 1.36 bits per heavy atom. The van der Waals surface area contributed by atoms with E-state index in [1.807, 2.05) is 48.0 Å². The van der Waals surface area contributed by atoms with Gasteiger partial charge in [-0.15, -0.1) is 14.9 Å². The number of nitrogens with zero attached hydrogens (tertiary/aromatic N) is 5. The second-order valence-electron chi connectivity index (χ2n) is 6.98. The summed E-state index contributed by atoms with van der Waals surface area (Å²) in [6, 6.07) is 9.20. The van der Waals surface area contributed by atoms with E-state index < -0.39 is 11.9 Å². The Morgan fingerprint density at radius 3 is 2.93 bits per heavy atom. The van der Waals surface area contributed by atoms with E-state index in [1.54, 1.807) is 11.9 Å². The van der Waals surface area contributed by atoms with E-state index in [0.717, 1.165) is 11.4 Å². The summed E-state index contributed by atoms with van der Waals surface area (Å²) >= 11 is 0. The summed E-state index contributed by atoms with van der Waals surface area (Å²) in [5, 5.41) is 14.0. The lowest BCUT2D eigenvalue weighted by molar-refractivity contribution is -0.553. The quantitative estimate of drug-likeness (QED) is 0.774. The molecule has 2 aromatic rings. The van der Waals surface area contributed by atoms with Gasteiger partial charge in [-0.2, -0.15) is 4.90 Å². The minimum absolute atomic E-state index is 0.0312. The molecule has 2 atom stereocenters. The molecule has 0 aliphatic carbocycles. The maximum Gasteiger partial charge on any atom is 0.332 e. The molecule has 28 heavy (non-hydrogen) atoms. The molecule has 0 spiro atoms. The number of aromatic amines is 1. The van der Waals surface area contributed by atoms with Gasteiger partial charge in [-0.1, -0.05) is 30.3 Å². The van der Waals surface area contributed by atoms with E-state index in [1.165, 1.54) is 0 Å². The van der Waals surface area contributed by atoms with Gasteiger partial charge in [-0.3, -0.25) is 9.89 Å². The zero-order valence-corrected chi connectivity index (χ0v) is 15.8. The number of aromatic nitrogens is 3. The van der Waals surface area contributed by atoms with Crippen LogP contribution in [0.25, 0.3) is 0 Å². The van der Waals surface area contributed by atoms with Gasteiger partial charge in [-0.05, 0) is 12.5 Å². The van der Waals surface area contributed by atoms with Crippen molar-refractivity contribution >= 4 is 11.8 Å². The highest BCUT2D eigenvalue weighted by Gasteiger charge is 2.40. The Balaban J connectivity index is 1.43. The van der Waals surface area contributed by atoms with E-state index in [0.29, 0.717) is 25.2 Å². The molecule has 2 amide bonds. The van der Waals surface area contributed by atoms with Crippen molar-refractivity contribution < 1.29 is 14.3 Å². The number of carbonyl (C=O) groups is 2. The van der Waals surface area contributed by atoms with Gasteiger partial charge >= 0.3 is 11.7 Å². The van der Waals surface area contributed by atoms with E-state index in [2.05, 4.69) is 25.6 Å². The first-order chi connectivity index (χ1) is 13.5. The van der Waals surface area contributed by atoms with Gasteiger partial charge in [0, 0.05) is 18.9 Å². The van der Waals surface area contributed by atoms with E-state index >= 15 is 0 Å². The first-order valence-electron chi connectivity index (χ1n) is 9.25. The Bertz CT molecular complexity index is 964. The molecule has 4 rings (SSSR count). The zero-order chi connectivity index (χ0) is 19.7. The average Bonchev–Trinajstić information content (AvgIpc) is 3.28. The average molecular weight is 380 g/mol. The van der Waals surface area contributed by atoms with Crippen molar-refractivity contribution in [2.24, 2.45) is 5.11 Å². The molecule has 3 heterocycles. The topological polar surface area (TPSA) is 106 Å². The molecular weight excluding hydrogens is 358 g/mol. The van der Waals surface area contributed by atoms with Crippen LogP contribution in [0, 0.1) is 0 Å². The van der Waals surface area contributed by atoms with Crippen molar-refractivity contribution in [1.82, 2.24) is 25.4 Å². The van der Waals surface area contributed by atoms with Crippen LogP contribution < -0.4 is 5.32 Å². The molecule has 1 saturated heterocycles. The molecule has 2 aliphatic rings. The molecule has 9 nitrogen and oxygen atoms in total. The summed E-state index contributed by atoms with van der Waals surface area (Å²) in [4.78, 5) is 31.1. The summed E-state index contributed by atoms with van der Waals surface area (Å²) in [5.41, 5.74) is 1.07. The maximum atomic E-state index is 12.8. The van der Waals surface area contributed by atoms with Crippen LogP contribution in [-0.4, -0.2) is 62.3 Å². The predicted molar refractivity (Wildman–Crippen MR) is 99.4 cm³/mol. The molecule has 2 unspecified atom stereocenters. The van der Waals surface area contributed by atoms with Crippen LogP contribution in [0.5, 0.6) is 0 Å². The number of azo groups is 2. The standard InChI is InChI=1S/C19H21N7O2/c1-12-10-16-25(2)19(28)14(8-9-26(16)24-12)20-18(27)17-21-15(22-23-17)11-13-6-4-3-5-7-13/h3-7,10,12,14H,8-9,11H2,1-2H3,(H-,20,21,22,23,27)/p+1. The largest absolute Gasteiger partial charge is 0.335 e. The number of amides is 2. The monoisotopic (exact) mass is 380 g/mol. The number of fused-ring (bicyclic) bond motifs is 1. The lowest BCUT2D eigenvalue weighted by atomic mass is 10.1. The summed E-state index contributed by atoms with van der Waals surface area (Å²) in [7, 11) is 1.70. The second kappa shape index (κ2) is 7.34. The molecule has 1 fully saturated rings. The van der Waals surface area contributed by atoms with Gasteiger partial charge in [0.1, 0.15) is 24.5 Å². The number of benzene rings is 1. The molecule has 1 aromatic heterocycles. The lowest BCUT2D eigenvalue weighted by Gasteiger charge is -2.14. The van der Waals surface area contributed by atoms with E-state index in [-0.39, 0.29) is 17.8 Å². The van der Waals surface area contributed by atoms with Crippen molar-refractivity contribution in [2.75, 3.05) is 13.6 Å². The second-order valence-corrected chi connectivity index (χ2v) is 6.98. The fraction of sp³-hybridized carbons (Fsp3) is 0.368. The SMILES string of the molecule is CC1C=C2N(C)C(=O)C(NC(=O)c3n[nH]c(Cc4ccccc4)n3)CC[N+]2=N1. The van der Waals surface area contributed by atoms with Gasteiger partial charge in [0.25, 0.3) is 5.91 Å². The third-order valence-corrected chi connectivity index (χ3v) is 4.83. The van der Waals surface area contributed by atoms with Gasteiger partial charge in [0.2, 0.25) is 5.82 Å². The molecule has 0 bridgehead atoms. The molecular formula is C19H22N7O2+. The first-order valence-corrected chi connectivity index (χ1v) is 9.25. The predicted octanol–water partition coefficient (Wildman–Crippen LogP) is 1.06. The third-order valence-electron chi connectivity index (χ3n) is 4.83. The van der Waals surface area contributed by atoms with Crippen LogP contribution in [0.1, 0.15) is 35.4 Å². The van der Waals surface area contributed by atoms with E-state index in [9.17, 15) is 9.59 Å². The molecule has 1 aromatic carbocycles. The minimum Gasteiger partial charge on any atom is -0.335 e. The maximum absolute atomic E-state index is 12.8. The fourth-order valence-corrected chi connectivity index (χ4v) is 3.41. The number of H-pyrrole nitrogens is 1. The van der Waals surface area contributed by atoms with Crippen molar-refractivity contribution in [3.63, 3.8) is 0 Å². The number of hydrogen-bond acceptors (Lipinski definition) is 5. The fourth-order valence-electron chi connectivity index (χ4n) is 3.41. The van der Waals surface area contributed by atoms with Gasteiger partial charge in [0.15, 0.2) is 0 Å². The molecule has 2 aliphatic heterocycles. The first kappa shape index (κ1) is 18.0. The summed E-state index contributed by atoms with van der Waals surface area (Å²) in [6.45, 7) is 2.53. The summed E-state index contributed by atoms with van der Waals surface area (Å²) < 4.78 is 1.82.